The maximum atomic E-state index is 13.1. The number of carbonyl (C=O) groups excluding carboxylic acids is 2. The fraction of sp³-hybridized carbons (Fsp3) is 0.474. The molecule has 0 aliphatic carbocycles. The summed E-state index contributed by atoms with van der Waals surface area (Å²) in [5, 5.41) is 2.56. The van der Waals surface area contributed by atoms with Gasteiger partial charge in [-0.1, -0.05) is 0 Å². The van der Waals surface area contributed by atoms with Gasteiger partial charge in [-0.3, -0.25) is 24.4 Å². The minimum absolute atomic E-state index is 0.00970. The Morgan fingerprint density at radius 1 is 1.28 bits per heavy atom. The van der Waals surface area contributed by atoms with Crippen LogP contribution in [0.4, 0.5) is 5.69 Å². The topological polar surface area (TPSA) is 92.7 Å². The molecule has 156 valence electrons. The normalized spacial score (nSPS) is 20.8. The Bertz CT molecular complexity index is 810. The van der Waals surface area contributed by atoms with E-state index in [1.165, 1.54) is 25.3 Å². The smallest absolute Gasteiger partial charge is 0.251 e. The number of morpholine rings is 1. The maximum Gasteiger partial charge on any atom is 0.251 e. The van der Waals surface area contributed by atoms with Crippen LogP contribution in [0.5, 0.6) is 11.5 Å². The lowest BCUT2D eigenvalue weighted by atomic mass is 10.1. The molecular weight excluding hydrogens is 396 g/mol. The number of anilines is 1. The average Bonchev–Trinajstić information content (AvgIpc) is 2.73. The zero-order valence-electron chi connectivity index (χ0n) is 16.4. The van der Waals surface area contributed by atoms with E-state index in [4.69, 9.17) is 26.4 Å². The highest BCUT2D eigenvalue weighted by Crippen LogP contribution is 2.34. The van der Waals surface area contributed by atoms with Crippen molar-refractivity contribution >= 4 is 41.0 Å². The molecule has 2 fully saturated rings. The van der Waals surface area contributed by atoms with Gasteiger partial charge in [-0.2, -0.15) is 0 Å². The van der Waals surface area contributed by atoms with E-state index in [-0.39, 0.29) is 5.11 Å². The first-order chi connectivity index (χ1) is 14.0. The van der Waals surface area contributed by atoms with Crippen LogP contribution in [0.25, 0.3) is 0 Å². The molecule has 2 heterocycles. The molecule has 0 radical (unpaired) electrons. The number of carbonyl (C=O) groups is 2. The quantitative estimate of drug-likeness (QED) is 0.389. The van der Waals surface area contributed by atoms with Crippen molar-refractivity contribution in [3.05, 3.63) is 18.2 Å². The Kier molecular flexibility index (Phi) is 7.13. The second-order valence-corrected chi connectivity index (χ2v) is 6.88. The van der Waals surface area contributed by atoms with Gasteiger partial charge in [-0.05, 0) is 24.4 Å². The molecule has 2 aliphatic heterocycles. The fourth-order valence-corrected chi connectivity index (χ4v) is 3.41. The van der Waals surface area contributed by atoms with Crippen molar-refractivity contribution < 1.29 is 23.8 Å². The van der Waals surface area contributed by atoms with Crippen LogP contribution < -0.4 is 19.7 Å². The summed E-state index contributed by atoms with van der Waals surface area (Å²) in [6, 6.07) is 5.02. The number of aliphatic imine (C=N–C) groups is 1. The third-order valence-corrected chi connectivity index (χ3v) is 5.02. The number of benzene rings is 1. The molecule has 2 amide bonds. The van der Waals surface area contributed by atoms with Crippen molar-refractivity contribution in [2.75, 3.05) is 58.5 Å². The Morgan fingerprint density at radius 2 is 2.03 bits per heavy atom. The van der Waals surface area contributed by atoms with E-state index in [1.807, 2.05) is 0 Å². The summed E-state index contributed by atoms with van der Waals surface area (Å²) in [5.74, 6) is -1.08. The standard InChI is InChI=1S/C19H24N4O5S/c1-26-13-3-4-16(27-2)15(11-13)23-18(25)14(17(24)21-19(23)29)12-20-5-6-22-7-9-28-10-8-22/h3-4,11-12,14H,5-10H2,1-2H3,(H,21,24,29)/t14-/m0/s1. The highest BCUT2D eigenvalue weighted by molar-refractivity contribution is 7.80. The van der Waals surface area contributed by atoms with Crippen LogP contribution in [0.1, 0.15) is 0 Å². The first kappa shape index (κ1) is 21.2. The number of rotatable bonds is 7. The monoisotopic (exact) mass is 420 g/mol. The van der Waals surface area contributed by atoms with E-state index >= 15 is 0 Å². The molecule has 2 aliphatic rings. The summed E-state index contributed by atoms with van der Waals surface area (Å²) in [6.07, 6.45) is 1.39. The lowest BCUT2D eigenvalue weighted by molar-refractivity contribution is -0.130. The number of ether oxygens (including phenoxy) is 3. The molecule has 10 heteroatoms. The zero-order valence-corrected chi connectivity index (χ0v) is 17.2. The Morgan fingerprint density at radius 3 is 2.72 bits per heavy atom. The first-order valence-electron chi connectivity index (χ1n) is 9.26. The Balaban J connectivity index is 1.75. The van der Waals surface area contributed by atoms with E-state index < -0.39 is 17.7 Å². The van der Waals surface area contributed by atoms with E-state index in [2.05, 4.69) is 15.2 Å². The molecule has 0 spiro atoms. The van der Waals surface area contributed by atoms with Gasteiger partial charge in [0.1, 0.15) is 11.5 Å². The van der Waals surface area contributed by atoms with Crippen LogP contribution >= 0.6 is 12.2 Å². The molecule has 0 bridgehead atoms. The van der Waals surface area contributed by atoms with Crippen molar-refractivity contribution in [2.24, 2.45) is 10.9 Å². The molecule has 1 N–H and O–H groups in total. The first-order valence-corrected chi connectivity index (χ1v) is 9.67. The van der Waals surface area contributed by atoms with Gasteiger partial charge in [-0.25, -0.2) is 0 Å². The Hall–Kier alpha value is -2.56. The number of hydrogen-bond donors (Lipinski definition) is 1. The van der Waals surface area contributed by atoms with E-state index in [9.17, 15) is 9.59 Å². The third-order valence-electron chi connectivity index (χ3n) is 4.73. The van der Waals surface area contributed by atoms with Gasteiger partial charge in [0.15, 0.2) is 11.0 Å². The summed E-state index contributed by atoms with van der Waals surface area (Å²) in [4.78, 5) is 33.2. The zero-order chi connectivity index (χ0) is 20.8. The van der Waals surface area contributed by atoms with Crippen LogP contribution in [0.2, 0.25) is 0 Å². The van der Waals surface area contributed by atoms with E-state index in [0.717, 1.165) is 19.6 Å². The van der Waals surface area contributed by atoms with Gasteiger partial charge in [0.05, 0.1) is 39.7 Å². The highest BCUT2D eigenvalue weighted by Gasteiger charge is 2.39. The second kappa shape index (κ2) is 9.77. The minimum Gasteiger partial charge on any atom is -0.497 e. The van der Waals surface area contributed by atoms with Gasteiger partial charge in [0, 0.05) is 31.9 Å². The molecule has 1 aromatic carbocycles. The molecule has 1 aromatic rings. The van der Waals surface area contributed by atoms with Crippen molar-refractivity contribution in [2.45, 2.75) is 0 Å². The second-order valence-electron chi connectivity index (χ2n) is 6.49. The lowest BCUT2D eigenvalue weighted by Crippen LogP contribution is -2.58. The lowest BCUT2D eigenvalue weighted by Gasteiger charge is -2.32. The van der Waals surface area contributed by atoms with Crippen molar-refractivity contribution in [3.63, 3.8) is 0 Å². The SMILES string of the molecule is COc1ccc(OC)c(N2C(=O)[C@@H](C=NCCN3CCOCC3)C(=O)NC2=S)c1. The molecule has 1 atom stereocenters. The summed E-state index contributed by atoms with van der Waals surface area (Å²) < 4.78 is 15.9. The number of nitrogens with one attached hydrogen (secondary N) is 1. The van der Waals surface area contributed by atoms with Crippen LogP contribution in [0.3, 0.4) is 0 Å². The van der Waals surface area contributed by atoms with E-state index in [1.54, 1.807) is 18.2 Å². The van der Waals surface area contributed by atoms with E-state index in [0.29, 0.717) is 36.9 Å². The van der Waals surface area contributed by atoms with Crippen molar-refractivity contribution in [1.29, 1.82) is 0 Å². The van der Waals surface area contributed by atoms with Crippen molar-refractivity contribution in [1.82, 2.24) is 10.2 Å². The highest BCUT2D eigenvalue weighted by atomic mass is 32.1. The van der Waals surface area contributed by atoms with Gasteiger partial charge in [-0.15, -0.1) is 0 Å². The van der Waals surface area contributed by atoms with Crippen molar-refractivity contribution in [3.8, 4) is 11.5 Å². The van der Waals surface area contributed by atoms with Gasteiger partial charge < -0.3 is 19.5 Å². The summed E-state index contributed by atoms with van der Waals surface area (Å²) >= 11 is 5.24. The molecule has 2 saturated heterocycles. The molecule has 29 heavy (non-hydrogen) atoms. The third kappa shape index (κ3) is 4.89. The van der Waals surface area contributed by atoms with Gasteiger partial charge in [0.2, 0.25) is 5.91 Å². The largest absolute Gasteiger partial charge is 0.497 e. The summed E-state index contributed by atoms with van der Waals surface area (Å²) in [6.45, 7) is 4.37. The number of nitrogens with zero attached hydrogens (tertiary/aromatic N) is 3. The number of amides is 2. The van der Waals surface area contributed by atoms with Crippen LogP contribution in [-0.2, 0) is 14.3 Å². The van der Waals surface area contributed by atoms with Crippen LogP contribution in [0.15, 0.2) is 23.2 Å². The summed E-state index contributed by atoms with van der Waals surface area (Å²) in [7, 11) is 3.01. The van der Waals surface area contributed by atoms with Crippen LogP contribution in [0, 0.1) is 5.92 Å². The fourth-order valence-electron chi connectivity index (χ4n) is 3.13. The number of methoxy groups -OCH3 is 2. The Labute approximate surface area is 174 Å². The number of thiocarbonyl (C=S) groups is 1. The maximum absolute atomic E-state index is 13.1. The molecule has 0 saturated carbocycles. The van der Waals surface area contributed by atoms with Gasteiger partial charge >= 0.3 is 0 Å². The minimum atomic E-state index is -1.07. The van der Waals surface area contributed by atoms with Gasteiger partial charge in [0.25, 0.3) is 5.91 Å². The predicted molar refractivity (Wildman–Crippen MR) is 112 cm³/mol. The average molecular weight is 420 g/mol. The molecule has 3 rings (SSSR count). The summed E-state index contributed by atoms with van der Waals surface area (Å²) in [5.41, 5.74) is 0.397. The molecule has 0 unspecified atom stereocenters. The molecule has 0 aromatic heterocycles. The predicted octanol–water partition coefficient (Wildman–Crippen LogP) is 0.471. The number of hydrogen-bond acceptors (Lipinski definition) is 8. The molecular formula is C19H24N4O5S. The van der Waals surface area contributed by atoms with Crippen LogP contribution in [-0.4, -0.2) is 81.7 Å². The molecule has 9 nitrogen and oxygen atoms in total.